The first-order chi connectivity index (χ1) is 10.4. The van der Waals surface area contributed by atoms with Gasteiger partial charge in [0.25, 0.3) is 10.0 Å². The Labute approximate surface area is 130 Å². The average Bonchev–Trinajstić information content (AvgIpc) is 2.96. The number of sulfonamides is 1. The van der Waals surface area contributed by atoms with Gasteiger partial charge in [0.15, 0.2) is 0 Å². The van der Waals surface area contributed by atoms with Crippen molar-refractivity contribution >= 4 is 32.4 Å². The molecule has 0 saturated carbocycles. The molecule has 0 aliphatic heterocycles. The summed E-state index contributed by atoms with van der Waals surface area (Å²) >= 11 is 0.756. The van der Waals surface area contributed by atoms with Crippen LogP contribution in [0.3, 0.4) is 0 Å². The van der Waals surface area contributed by atoms with E-state index in [2.05, 4.69) is 20.2 Å². The van der Waals surface area contributed by atoms with Crippen molar-refractivity contribution in [3.63, 3.8) is 0 Å². The van der Waals surface area contributed by atoms with Gasteiger partial charge in [0.05, 0.1) is 0 Å². The van der Waals surface area contributed by atoms with Crippen LogP contribution in [0, 0.1) is 5.82 Å². The van der Waals surface area contributed by atoms with E-state index in [1.807, 2.05) is 0 Å². The fourth-order valence-electron chi connectivity index (χ4n) is 1.42. The van der Waals surface area contributed by atoms with Gasteiger partial charge in [0.2, 0.25) is 15.4 Å². The third-order valence-electron chi connectivity index (χ3n) is 2.58. The SMILES string of the molecule is CCC(=O)Nc1nnc(S(=O)(=O)NCc2ccc(F)cc2)s1. The Kier molecular flexibility index (Phi) is 5.16. The first kappa shape index (κ1) is 16.5. The molecule has 0 radical (unpaired) electrons. The van der Waals surface area contributed by atoms with Crippen LogP contribution in [-0.4, -0.2) is 24.5 Å². The number of benzene rings is 1. The highest BCUT2D eigenvalue weighted by atomic mass is 32.2. The number of hydrogen-bond donors (Lipinski definition) is 2. The fourth-order valence-corrected chi connectivity index (χ4v) is 3.39. The lowest BCUT2D eigenvalue weighted by Crippen LogP contribution is -2.23. The zero-order valence-corrected chi connectivity index (χ0v) is 13.2. The lowest BCUT2D eigenvalue weighted by atomic mass is 10.2. The van der Waals surface area contributed by atoms with Gasteiger partial charge in [0, 0.05) is 13.0 Å². The van der Waals surface area contributed by atoms with Crippen LogP contribution < -0.4 is 10.0 Å². The number of carbonyl (C=O) groups is 1. The highest BCUT2D eigenvalue weighted by Crippen LogP contribution is 2.20. The molecule has 2 N–H and O–H groups in total. The molecular weight excluding hydrogens is 331 g/mol. The molecule has 22 heavy (non-hydrogen) atoms. The summed E-state index contributed by atoms with van der Waals surface area (Å²) < 4.78 is 39.0. The molecule has 1 heterocycles. The molecule has 2 rings (SSSR count). The third kappa shape index (κ3) is 4.29. The van der Waals surface area contributed by atoms with Crippen molar-refractivity contribution in [2.45, 2.75) is 24.2 Å². The summed E-state index contributed by atoms with van der Waals surface area (Å²) in [5, 5.41) is 9.71. The molecular formula is C12H13FN4O3S2. The molecule has 2 aromatic rings. The van der Waals surface area contributed by atoms with E-state index in [1.165, 1.54) is 24.3 Å². The maximum Gasteiger partial charge on any atom is 0.270 e. The molecule has 0 aliphatic rings. The molecule has 0 fully saturated rings. The van der Waals surface area contributed by atoms with E-state index in [4.69, 9.17) is 0 Å². The molecule has 0 aliphatic carbocycles. The van der Waals surface area contributed by atoms with E-state index >= 15 is 0 Å². The number of nitrogens with one attached hydrogen (secondary N) is 2. The summed E-state index contributed by atoms with van der Waals surface area (Å²) in [5.74, 6) is -0.675. The lowest BCUT2D eigenvalue weighted by Gasteiger charge is -2.03. The van der Waals surface area contributed by atoms with Gasteiger partial charge < -0.3 is 5.32 Å². The Morgan fingerprint density at radius 3 is 2.59 bits per heavy atom. The maximum absolute atomic E-state index is 12.8. The van der Waals surface area contributed by atoms with Crippen LogP contribution in [0.2, 0.25) is 0 Å². The predicted molar refractivity (Wildman–Crippen MR) is 79.3 cm³/mol. The van der Waals surface area contributed by atoms with Crippen molar-refractivity contribution in [3.05, 3.63) is 35.6 Å². The second-order valence-electron chi connectivity index (χ2n) is 4.23. The van der Waals surface area contributed by atoms with E-state index < -0.39 is 15.8 Å². The van der Waals surface area contributed by atoms with Crippen LogP contribution >= 0.6 is 11.3 Å². The van der Waals surface area contributed by atoms with Crippen molar-refractivity contribution < 1.29 is 17.6 Å². The fraction of sp³-hybridized carbons (Fsp3) is 0.250. The van der Waals surface area contributed by atoms with E-state index in [1.54, 1.807) is 6.92 Å². The standard InChI is InChI=1S/C12H13FN4O3S2/c1-2-10(18)15-11-16-17-12(21-11)22(19,20)14-7-8-3-5-9(13)6-4-8/h3-6,14H,2,7H2,1H3,(H,15,16,18). The quantitative estimate of drug-likeness (QED) is 0.774. The number of rotatable bonds is 6. The van der Waals surface area contributed by atoms with Crippen molar-refractivity contribution in [1.29, 1.82) is 0 Å². The topological polar surface area (TPSA) is 101 Å². The van der Waals surface area contributed by atoms with E-state index in [0.717, 1.165) is 11.3 Å². The molecule has 0 bridgehead atoms. The Hall–Kier alpha value is -1.91. The predicted octanol–water partition coefficient (Wildman–Crippen LogP) is 1.50. The average molecular weight is 344 g/mol. The minimum atomic E-state index is -3.84. The molecule has 0 atom stereocenters. The number of hydrogen-bond acceptors (Lipinski definition) is 6. The minimum absolute atomic E-state index is 0.00115. The normalized spacial score (nSPS) is 11.4. The second-order valence-corrected chi connectivity index (χ2v) is 7.14. The van der Waals surface area contributed by atoms with Gasteiger partial charge in [-0.1, -0.05) is 30.4 Å². The molecule has 10 heteroatoms. The van der Waals surface area contributed by atoms with E-state index in [0.29, 0.717) is 5.56 Å². The summed E-state index contributed by atoms with van der Waals surface area (Å²) in [5.41, 5.74) is 0.606. The smallest absolute Gasteiger partial charge is 0.270 e. The van der Waals surface area contributed by atoms with Crippen LogP contribution in [0.1, 0.15) is 18.9 Å². The number of nitrogens with zero attached hydrogens (tertiary/aromatic N) is 2. The summed E-state index contributed by atoms with van der Waals surface area (Å²) in [6, 6.07) is 5.44. The van der Waals surface area contributed by atoms with Gasteiger partial charge >= 0.3 is 0 Å². The van der Waals surface area contributed by atoms with Gasteiger partial charge in [-0.25, -0.2) is 17.5 Å². The van der Waals surface area contributed by atoms with Crippen molar-refractivity contribution in [3.8, 4) is 0 Å². The maximum atomic E-state index is 12.8. The van der Waals surface area contributed by atoms with Crippen LogP contribution in [0.15, 0.2) is 28.6 Å². The summed E-state index contributed by atoms with van der Waals surface area (Å²) in [6.07, 6.45) is 0.254. The summed E-state index contributed by atoms with van der Waals surface area (Å²) in [4.78, 5) is 11.2. The number of aromatic nitrogens is 2. The monoisotopic (exact) mass is 344 g/mol. The Balaban J connectivity index is 2.03. The Morgan fingerprint density at radius 1 is 1.27 bits per heavy atom. The molecule has 0 saturated heterocycles. The molecule has 1 amide bonds. The van der Waals surface area contributed by atoms with Crippen LogP contribution in [0.4, 0.5) is 9.52 Å². The van der Waals surface area contributed by atoms with Gasteiger partial charge in [-0.3, -0.25) is 4.79 Å². The molecule has 1 aromatic heterocycles. The van der Waals surface area contributed by atoms with Crippen LogP contribution in [0.5, 0.6) is 0 Å². The molecule has 118 valence electrons. The number of anilines is 1. The van der Waals surface area contributed by atoms with Gasteiger partial charge in [-0.05, 0) is 17.7 Å². The number of halogens is 1. The van der Waals surface area contributed by atoms with Crippen LogP contribution in [0.25, 0.3) is 0 Å². The minimum Gasteiger partial charge on any atom is -0.301 e. The highest BCUT2D eigenvalue weighted by Gasteiger charge is 2.20. The molecule has 7 nitrogen and oxygen atoms in total. The number of carbonyl (C=O) groups excluding carboxylic acids is 1. The van der Waals surface area contributed by atoms with Gasteiger partial charge in [-0.2, -0.15) is 0 Å². The zero-order valence-electron chi connectivity index (χ0n) is 11.5. The van der Waals surface area contributed by atoms with E-state index in [-0.39, 0.29) is 28.3 Å². The second kappa shape index (κ2) is 6.90. The van der Waals surface area contributed by atoms with Crippen molar-refractivity contribution in [2.75, 3.05) is 5.32 Å². The van der Waals surface area contributed by atoms with Gasteiger partial charge in [0.1, 0.15) is 5.82 Å². The van der Waals surface area contributed by atoms with Gasteiger partial charge in [-0.15, -0.1) is 10.2 Å². The molecule has 0 spiro atoms. The van der Waals surface area contributed by atoms with Crippen molar-refractivity contribution in [2.24, 2.45) is 0 Å². The Morgan fingerprint density at radius 2 is 1.95 bits per heavy atom. The highest BCUT2D eigenvalue weighted by molar-refractivity contribution is 7.91. The zero-order chi connectivity index (χ0) is 16.2. The summed E-state index contributed by atoms with van der Waals surface area (Å²) in [7, 11) is -3.84. The molecule has 1 aromatic carbocycles. The largest absolute Gasteiger partial charge is 0.301 e. The lowest BCUT2D eigenvalue weighted by molar-refractivity contribution is -0.115. The summed E-state index contributed by atoms with van der Waals surface area (Å²) in [6.45, 7) is 1.66. The Bertz CT molecular complexity index is 759. The molecule has 0 unspecified atom stereocenters. The third-order valence-corrected chi connectivity index (χ3v) is 5.19. The van der Waals surface area contributed by atoms with Crippen molar-refractivity contribution in [1.82, 2.24) is 14.9 Å². The van der Waals surface area contributed by atoms with Crippen LogP contribution in [-0.2, 0) is 21.4 Å². The van der Waals surface area contributed by atoms with E-state index in [9.17, 15) is 17.6 Å². The first-order valence-corrected chi connectivity index (χ1v) is 8.58. The number of amides is 1. The first-order valence-electron chi connectivity index (χ1n) is 6.28.